The van der Waals surface area contributed by atoms with E-state index < -0.39 is 17.8 Å². The molecule has 0 unspecified atom stereocenters. The van der Waals surface area contributed by atoms with Crippen molar-refractivity contribution in [2.75, 3.05) is 36.0 Å². The number of ether oxygens (including phenoxy) is 3. The van der Waals surface area contributed by atoms with E-state index in [9.17, 15) is 28.8 Å². The molecule has 70 heavy (non-hydrogen) atoms. The number of piperazine rings is 1. The summed E-state index contributed by atoms with van der Waals surface area (Å²) in [5, 5.41) is 5.96. The first-order valence-electron chi connectivity index (χ1n) is 24.3. The molecule has 0 spiro atoms. The van der Waals surface area contributed by atoms with Gasteiger partial charge in [0.05, 0.1) is 24.3 Å². The van der Waals surface area contributed by atoms with Crippen LogP contribution in [-0.2, 0) is 30.3 Å². The number of aldehydes is 1. The highest BCUT2D eigenvalue weighted by Crippen LogP contribution is 2.41. The van der Waals surface area contributed by atoms with E-state index in [0.29, 0.717) is 31.5 Å². The molecule has 0 aromatic heterocycles. The third-order valence-electron chi connectivity index (χ3n) is 12.4. The monoisotopic (exact) mass is 959 g/mol. The molecule has 4 aromatic carbocycles. The lowest BCUT2D eigenvalue weighted by Gasteiger charge is -2.39. The summed E-state index contributed by atoms with van der Waals surface area (Å²) in [6.07, 6.45) is 0.387. The highest BCUT2D eigenvalue weighted by atomic mass is 16.6. The molecule has 0 radical (unpaired) electrons. The Morgan fingerprint density at radius 3 is 1.43 bits per heavy atom. The molecular formula is C55H70N6O9. The number of nitrogens with one attached hydrogen (secondary N) is 2. The molecule has 0 saturated carbocycles. The van der Waals surface area contributed by atoms with Crippen molar-refractivity contribution in [3.05, 3.63) is 107 Å². The Balaban J connectivity index is 0.000000244. The van der Waals surface area contributed by atoms with Crippen LogP contribution in [0.4, 0.5) is 25.8 Å². The van der Waals surface area contributed by atoms with Crippen molar-refractivity contribution in [2.24, 2.45) is 0 Å². The average Bonchev–Trinajstić information content (AvgIpc) is 3.28. The maximum atomic E-state index is 12.5. The molecule has 374 valence electrons. The summed E-state index contributed by atoms with van der Waals surface area (Å²) in [5.41, 5.74) is 8.68. The quantitative estimate of drug-likeness (QED) is 0.122. The number of carbonyl (C=O) groups is 6. The van der Waals surface area contributed by atoms with Crippen molar-refractivity contribution < 1.29 is 43.0 Å². The zero-order valence-corrected chi connectivity index (χ0v) is 42.5. The smallest absolute Gasteiger partial charge is 0.410 e. The van der Waals surface area contributed by atoms with Gasteiger partial charge in [0.25, 0.3) is 0 Å². The van der Waals surface area contributed by atoms with Gasteiger partial charge in [0.15, 0.2) is 0 Å². The van der Waals surface area contributed by atoms with Gasteiger partial charge in [0, 0.05) is 75.6 Å². The molecule has 1 fully saturated rings. The second kappa shape index (κ2) is 22.8. The summed E-state index contributed by atoms with van der Waals surface area (Å²) in [7, 11) is 0. The van der Waals surface area contributed by atoms with Crippen LogP contribution < -0.4 is 20.4 Å². The summed E-state index contributed by atoms with van der Waals surface area (Å²) in [4.78, 5) is 80.4. The number of carbonyl (C=O) groups excluding carboxylic acids is 6. The molecule has 5 amide bonds. The van der Waals surface area contributed by atoms with Crippen LogP contribution >= 0.6 is 0 Å². The van der Waals surface area contributed by atoms with Gasteiger partial charge in [-0.1, -0.05) is 60.7 Å². The second-order valence-electron chi connectivity index (χ2n) is 20.0. The lowest BCUT2D eigenvalue weighted by atomic mass is 9.89. The number of anilines is 2. The van der Waals surface area contributed by atoms with E-state index >= 15 is 0 Å². The molecule has 4 atom stereocenters. The summed E-state index contributed by atoms with van der Waals surface area (Å²) < 4.78 is 16.1. The van der Waals surface area contributed by atoms with Gasteiger partial charge in [-0.15, -0.1) is 0 Å². The van der Waals surface area contributed by atoms with Crippen LogP contribution in [0, 0.1) is 0 Å². The second-order valence-corrected chi connectivity index (χ2v) is 20.0. The Labute approximate surface area is 412 Å². The number of benzene rings is 4. The van der Waals surface area contributed by atoms with Crippen LogP contribution in [0.25, 0.3) is 22.3 Å². The summed E-state index contributed by atoms with van der Waals surface area (Å²) in [5.74, 6) is -0.0592. The molecular weight excluding hydrogens is 889 g/mol. The van der Waals surface area contributed by atoms with Crippen molar-refractivity contribution in [1.82, 2.24) is 20.4 Å². The van der Waals surface area contributed by atoms with Gasteiger partial charge in [-0.25, -0.2) is 14.4 Å². The van der Waals surface area contributed by atoms with Crippen LogP contribution in [0.2, 0.25) is 0 Å². The Bertz CT molecular complexity index is 2510. The van der Waals surface area contributed by atoms with Crippen molar-refractivity contribution in [3.8, 4) is 22.3 Å². The van der Waals surface area contributed by atoms with E-state index in [1.807, 2.05) is 90.9 Å². The minimum Gasteiger partial charge on any atom is -0.447 e. The van der Waals surface area contributed by atoms with E-state index in [1.54, 1.807) is 54.5 Å². The molecule has 3 heterocycles. The fraction of sp³-hybridized carbons (Fsp3) is 0.455. The average molecular weight is 959 g/mol. The molecule has 4 aromatic rings. The predicted octanol–water partition coefficient (Wildman–Crippen LogP) is 10.2. The van der Waals surface area contributed by atoms with E-state index in [1.165, 1.54) is 5.56 Å². The minimum atomic E-state index is -0.490. The van der Waals surface area contributed by atoms with Crippen LogP contribution in [0.15, 0.2) is 84.9 Å². The molecule has 3 aliphatic heterocycles. The Morgan fingerprint density at radius 1 is 0.629 bits per heavy atom. The number of amides is 5. The standard InChI is InChI=1S/C32H44N4O5.C23H26N2O4/c1-21(2)40-30(38)33-28-18-22(3)36(23(4)37)29-13-12-26(19-27(28)29)25-10-8-24(9-11-25)20-34-14-16-35(17-15-34)31(39)41-32(5,6)7;1-14(2)29-23(28)24-21-11-15(3)25(16(4)27)22-10-9-19(12-20(21)22)18-7-5-17(13-26)6-8-18/h8-13,19,21-22,28H,14-18,20H2,1-7H3,(H,33,38);5-10,12-15,21H,11H2,1-4H3,(H,24,28)/t22-,28+;15-,21+/m11/s1. The summed E-state index contributed by atoms with van der Waals surface area (Å²) >= 11 is 0. The van der Waals surface area contributed by atoms with Gasteiger partial charge in [-0.2, -0.15) is 0 Å². The SMILES string of the molecule is CC(=O)N1c2ccc(-c3ccc(C=O)cc3)cc2[C@@H](NC(=O)OC(C)C)C[C@H]1C.CC(=O)N1c2ccc(-c3ccc(CN4CCN(C(=O)OC(C)(C)C)CC4)cc3)cc2[C@@H](NC(=O)OC(C)C)C[C@H]1C. The zero-order valence-electron chi connectivity index (χ0n) is 42.5. The number of hydrogen-bond donors (Lipinski definition) is 2. The Morgan fingerprint density at radius 2 is 1.04 bits per heavy atom. The Kier molecular flexibility index (Phi) is 17.1. The van der Waals surface area contributed by atoms with Crippen molar-refractivity contribution >= 4 is 47.8 Å². The van der Waals surface area contributed by atoms with Crippen LogP contribution in [0.3, 0.4) is 0 Å². The van der Waals surface area contributed by atoms with Crippen LogP contribution in [0.1, 0.15) is 128 Å². The van der Waals surface area contributed by atoms with E-state index in [4.69, 9.17) is 14.2 Å². The third-order valence-corrected chi connectivity index (χ3v) is 12.4. The molecule has 15 heteroatoms. The lowest BCUT2D eigenvalue weighted by molar-refractivity contribution is -0.118. The van der Waals surface area contributed by atoms with Gasteiger partial charge in [-0.3, -0.25) is 19.3 Å². The fourth-order valence-corrected chi connectivity index (χ4v) is 9.33. The van der Waals surface area contributed by atoms with E-state index in [-0.39, 0.29) is 54.3 Å². The van der Waals surface area contributed by atoms with Gasteiger partial charge in [0.1, 0.15) is 11.9 Å². The highest BCUT2D eigenvalue weighted by Gasteiger charge is 2.36. The minimum absolute atomic E-state index is 0.0222. The highest BCUT2D eigenvalue weighted by molar-refractivity contribution is 5.95. The maximum absolute atomic E-state index is 12.5. The zero-order chi connectivity index (χ0) is 51.0. The number of rotatable bonds is 9. The molecule has 0 bridgehead atoms. The van der Waals surface area contributed by atoms with Crippen molar-refractivity contribution in [3.63, 3.8) is 0 Å². The van der Waals surface area contributed by atoms with Crippen molar-refractivity contribution in [1.29, 1.82) is 0 Å². The van der Waals surface area contributed by atoms with Gasteiger partial charge in [0.2, 0.25) is 11.8 Å². The van der Waals surface area contributed by atoms with Crippen molar-refractivity contribution in [2.45, 2.75) is 138 Å². The third kappa shape index (κ3) is 13.5. The number of fused-ring (bicyclic) bond motifs is 2. The molecule has 7 rings (SSSR count). The summed E-state index contributed by atoms with van der Waals surface area (Å²) in [6, 6.07) is 27.1. The molecule has 1 saturated heterocycles. The van der Waals surface area contributed by atoms with Gasteiger partial charge < -0.3 is 39.5 Å². The first-order chi connectivity index (χ1) is 33.1. The number of alkyl carbamates (subject to hydrolysis) is 2. The van der Waals surface area contributed by atoms with E-state index in [0.717, 1.165) is 70.7 Å². The number of nitrogens with zero attached hydrogens (tertiary/aromatic N) is 4. The number of hydrogen-bond acceptors (Lipinski definition) is 10. The lowest BCUT2D eigenvalue weighted by Crippen LogP contribution is -2.49. The predicted molar refractivity (Wildman–Crippen MR) is 272 cm³/mol. The molecule has 15 nitrogen and oxygen atoms in total. The van der Waals surface area contributed by atoms with Gasteiger partial charge >= 0.3 is 18.3 Å². The topological polar surface area (TPSA) is 167 Å². The normalized spacial score (nSPS) is 19.0. The van der Waals surface area contributed by atoms with E-state index in [2.05, 4.69) is 45.9 Å². The van der Waals surface area contributed by atoms with Crippen LogP contribution in [-0.4, -0.2) is 102 Å². The van der Waals surface area contributed by atoms with Crippen LogP contribution in [0.5, 0.6) is 0 Å². The Hall–Kier alpha value is -6.74. The fourth-order valence-electron chi connectivity index (χ4n) is 9.33. The maximum Gasteiger partial charge on any atom is 0.410 e. The first kappa shape index (κ1) is 52.6. The summed E-state index contributed by atoms with van der Waals surface area (Å²) in [6.45, 7) is 23.7. The molecule has 2 N–H and O–H groups in total. The molecule has 3 aliphatic rings. The first-order valence-corrected chi connectivity index (χ1v) is 24.3. The molecule has 0 aliphatic carbocycles. The van der Waals surface area contributed by atoms with Gasteiger partial charge in [-0.05, 0) is 138 Å². The largest absolute Gasteiger partial charge is 0.447 e.